The highest BCUT2D eigenvalue weighted by Crippen LogP contribution is 2.38. The zero-order valence-electron chi connectivity index (χ0n) is 13.4. The summed E-state index contributed by atoms with van der Waals surface area (Å²) in [7, 11) is 0. The molecule has 0 aromatic carbocycles. The minimum Gasteiger partial charge on any atom is -0.476 e. The fraction of sp³-hybridized carbons (Fsp3) is 0.529. The van der Waals surface area contributed by atoms with Crippen LogP contribution in [-0.4, -0.2) is 39.9 Å². The second-order valence-corrected chi connectivity index (χ2v) is 6.51. The first kappa shape index (κ1) is 15.2. The molecule has 24 heavy (non-hydrogen) atoms. The molecule has 1 aliphatic carbocycles. The molecule has 3 heterocycles. The van der Waals surface area contributed by atoms with E-state index in [4.69, 9.17) is 4.74 Å². The van der Waals surface area contributed by atoms with Crippen molar-refractivity contribution in [3.8, 4) is 5.88 Å². The smallest absolute Gasteiger partial charge is 0.233 e. The summed E-state index contributed by atoms with van der Waals surface area (Å²) in [5.74, 6) is 1.88. The van der Waals surface area contributed by atoms with Gasteiger partial charge < -0.3 is 9.64 Å². The van der Waals surface area contributed by atoms with Gasteiger partial charge in [-0.3, -0.25) is 0 Å². The molecule has 1 aliphatic heterocycles. The van der Waals surface area contributed by atoms with Gasteiger partial charge in [-0.25, -0.2) is 14.4 Å². The normalized spacial score (nSPS) is 18.6. The summed E-state index contributed by atoms with van der Waals surface area (Å²) in [6.45, 7) is 2.35. The van der Waals surface area contributed by atoms with Crippen molar-refractivity contribution in [1.29, 1.82) is 0 Å². The highest BCUT2D eigenvalue weighted by atomic mass is 19.1. The van der Waals surface area contributed by atoms with E-state index in [-0.39, 0.29) is 0 Å². The largest absolute Gasteiger partial charge is 0.476 e. The zero-order chi connectivity index (χ0) is 16.4. The van der Waals surface area contributed by atoms with E-state index in [0.29, 0.717) is 30.3 Å². The van der Waals surface area contributed by atoms with Crippen LogP contribution >= 0.6 is 0 Å². The minimum absolute atomic E-state index is 0.407. The lowest BCUT2D eigenvalue weighted by Crippen LogP contribution is -2.36. The lowest BCUT2D eigenvalue weighted by atomic mass is 9.98. The number of piperidine rings is 1. The number of halogens is 1. The number of ether oxygens (including phenoxy) is 1. The summed E-state index contributed by atoms with van der Waals surface area (Å²) in [6.07, 6.45) is 6.86. The summed E-state index contributed by atoms with van der Waals surface area (Å²) in [6, 6.07) is 3.94. The lowest BCUT2D eigenvalue weighted by molar-refractivity contribution is 0.213. The van der Waals surface area contributed by atoms with Crippen LogP contribution in [0.3, 0.4) is 0 Å². The van der Waals surface area contributed by atoms with Gasteiger partial charge in [0.2, 0.25) is 11.8 Å². The Kier molecular flexibility index (Phi) is 4.23. The van der Waals surface area contributed by atoms with E-state index < -0.39 is 5.82 Å². The predicted octanol–water partition coefficient (Wildman–Crippen LogP) is 2.58. The van der Waals surface area contributed by atoms with Crippen LogP contribution < -0.4 is 9.64 Å². The van der Waals surface area contributed by atoms with Gasteiger partial charge in [0.05, 0.1) is 24.7 Å². The molecule has 0 N–H and O–H groups in total. The van der Waals surface area contributed by atoms with Crippen molar-refractivity contribution in [1.82, 2.24) is 20.2 Å². The molecule has 1 saturated carbocycles. The van der Waals surface area contributed by atoms with Crippen molar-refractivity contribution < 1.29 is 9.13 Å². The molecule has 0 bridgehead atoms. The van der Waals surface area contributed by atoms with Crippen molar-refractivity contribution in [2.45, 2.75) is 31.6 Å². The molecular weight excluding hydrogens is 309 g/mol. The third-order valence-corrected chi connectivity index (χ3v) is 4.63. The third kappa shape index (κ3) is 3.60. The molecule has 0 unspecified atom stereocenters. The Hall–Kier alpha value is -2.31. The van der Waals surface area contributed by atoms with Crippen LogP contribution in [0.25, 0.3) is 0 Å². The summed E-state index contributed by atoms with van der Waals surface area (Å²) in [5, 5.41) is 8.39. The summed E-state index contributed by atoms with van der Waals surface area (Å²) in [5.41, 5.74) is 1.08. The number of aromatic nitrogens is 4. The SMILES string of the molecule is Fc1cnc(N2CCC(COc3ccc(C4CC4)nn3)CC2)nc1. The molecule has 126 valence electrons. The minimum atomic E-state index is -0.407. The van der Waals surface area contributed by atoms with Crippen LogP contribution in [-0.2, 0) is 0 Å². The molecule has 2 aromatic rings. The number of hydrogen-bond acceptors (Lipinski definition) is 6. The van der Waals surface area contributed by atoms with Crippen LogP contribution in [0.2, 0.25) is 0 Å². The Balaban J connectivity index is 1.24. The fourth-order valence-electron chi connectivity index (χ4n) is 2.98. The molecule has 6 nitrogen and oxygen atoms in total. The van der Waals surface area contributed by atoms with Crippen LogP contribution in [0, 0.1) is 11.7 Å². The molecule has 4 rings (SSSR count). The van der Waals surface area contributed by atoms with E-state index in [1.165, 1.54) is 25.2 Å². The first-order valence-electron chi connectivity index (χ1n) is 8.47. The average Bonchev–Trinajstić information content (AvgIpc) is 3.47. The molecule has 0 spiro atoms. The Morgan fingerprint density at radius 3 is 2.42 bits per heavy atom. The summed E-state index contributed by atoms with van der Waals surface area (Å²) >= 11 is 0. The van der Waals surface area contributed by atoms with E-state index in [0.717, 1.165) is 31.6 Å². The van der Waals surface area contributed by atoms with Gasteiger partial charge in [0.25, 0.3) is 0 Å². The van der Waals surface area contributed by atoms with Crippen molar-refractivity contribution >= 4 is 5.95 Å². The van der Waals surface area contributed by atoms with Gasteiger partial charge in [-0.1, -0.05) is 0 Å². The monoisotopic (exact) mass is 329 g/mol. The topological polar surface area (TPSA) is 64.0 Å². The van der Waals surface area contributed by atoms with E-state index in [1.807, 2.05) is 12.1 Å². The lowest BCUT2D eigenvalue weighted by Gasteiger charge is -2.31. The highest BCUT2D eigenvalue weighted by Gasteiger charge is 2.25. The molecule has 2 aliphatic rings. The quantitative estimate of drug-likeness (QED) is 0.840. The Labute approximate surface area is 140 Å². The van der Waals surface area contributed by atoms with Gasteiger partial charge in [0.1, 0.15) is 0 Å². The van der Waals surface area contributed by atoms with E-state index in [2.05, 4.69) is 25.1 Å². The number of anilines is 1. The fourth-order valence-corrected chi connectivity index (χ4v) is 2.98. The first-order valence-corrected chi connectivity index (χ1v) is 8.47. The van der Waals surface area contributed by atoms with Crippen molar-refractivity contribution in [2.75, 3.05) is 24.6 Å². The van der Waals surface area contributed by atoms with Crippen LogP contribution in [0.4, 0.5) is 10.3 Å². The van der Waals surface area contributed by atoms with Crippen molar-refractivity contribution in [3.63, 3.8) is 0 Å². The molecule has 2 aromatic heterocycles. The van der Waals surface area contributed by atoms with Crippen molar-refractivity contribution in [2.24, 2.45) is 5.92 Å². The molecule has 1 saturated heterocycles. The van der Waals surface area contributed by atoms with Gasteiger partial charge in [-0.05, 0) is 37.7 Å². The van der Waals surface area contributed by atoms with Gasteiger partial charge >= 0.3 is 0 Å². The maximum atomic E-state index is 12.9. The van der Waals surface area contributed by atoms with Crippen LogP contribution in [0.15, 0.2) is 24.5 Å². The van der Waals surface area contributed by atoms with Gasteiger partial charge in [-0.2, -0.15) is 5.10 Å². The van der Waals surface area contributed by atoms with E-state index in [9.17, 15) is 4.39 Å². The van der Waals surface area contributed by atoms with E-state index in [1.54, 1.807) is 0 Å². The molecule has 0 amide bonds. The second-order valence-electron chi connectivity index (χ2n) is 6.51. The van der Waals surface area contributed by atoms with E-state index >= 15 is 0 Å². The summed E-state index contributed by atoms with van der Waals surface area (Å²) < 4.78 is 18.7. The number of hydrogen-bond donors (Lipinski definition) is 0. The predicted molar refractivity (Wildman–Crippen MR) is 86.4 cm³/mol. The Bertz CT molecular complexity index is 666. The third-order valence-electron chi connectivity index (χ3n) is 4.63. The van der Waals surface area contributed by atoms with Crippen molar-refractivity contribution in [3.05, 3.63) is 36.0 Å². The second kappa shape index (κ2) is 6.67. The first-order chi connectivity index (χ1) is 11.8. The van der Waals surface area contributed by atoms with Crippen LogP contribution in [0.5, 0.6) is 5.88 Å². The Morgan fingerprint density at radius 1 is 1.04 bits per heavy atom. The average molecular weight is 329 g/mol. The Morgan fingerprint density at radius 2 is 1.79 bits per heavy atom. The maximum Gasteiger partial charge on any atom is 0.233 e. The molecule has 0 atom stereocenters. The molecule has 7 heteroatoms. The van der Waals surface area contributed by atoms with Gasteiger partial charge in [-0.15, -0.1) is 5.10 Å². The van der Waals surface area contributed by atoms with Gasteiger partial charge in [0.15, 0.2) is 5.82 Å². The molecule has 2 fully saturated rings. The standard InChI is InChI=1S/C17H20FN5O/c18-14-9-19-17(20-10-14)23-7-5-12(6-8-23)11-24-16-4-3-15(21-22-16)13-1-2-13/h3-4,9-10,12-13H,1-2,5-8,11H2. The van der Waals surface area contributed by atoms with Crippen LogP contribution in [0.1, 0.15) is 37.3 Å². The number of nitrogens with zero attached hydrogens (tertiary/aromatic N) is 5. The maximum absolute atomic E-state index is 12.9. The highest BCUT2D eigenvalue weighted by molar-refractivity contribution is 5.29. The molecule has 0 radical (unpaired) electrons. The number of rotatable bonds is 5. The summed E-state index contributed by atoms with van der Waals surface area (Å²) in [4.78, 5) is 10.2. The molecular formula is C17H20FN5O. The zero-order valence-corrected chi connectivity index (χ0v) is 13.4. The van der Waals surface area contributed by atoms with Gasteiger partial charge in [0, 0.05) is 25.1 Å².